The minimum absolute atomic E-state index is 0.149. The molecule has 3 rings (SSSR count). The van der Waals surface area contributed by atoms with Gasteiger partial charge in [0.2, 0.25) is 0 Å². The number of nitrogens with zero attached hydrogens (tertiary/aromatic N) is 2. The summed E-state index contributed by atoms with van der Waals surface area (Å²) in [5, 5.41) is 4.82. The van der Waals surface area contributed by atoms with Crippen molar-refractivity contribution in [2.75, 3.05) is 7.05 Å². The summed E-state index contributed by atoms with van der Waals surface area (Å²) in [6.45, 7) is 2.08. The SMILES string of the molecule is CNC(=O)c1cc(C(=O)N[C@H]2C[C@@H]2C)cc(C(Cl)c2ccccn2)n1. The van der Waals surface area contributed by atoms with Crippen LogP contribution in [0.2, 0.25) is 0 Å². The monoisotopic (exact) mass is 358 g/mol. The summed E-state index contributed by atoms with van der Waals surface area (Å²) in [6.07, 6.45) is 2.60. The van der Waals surface area contributed by atoms with Gasteiger partial charge < -0.3 is 10.6 Å². The Morgan fingerprint density at radius 2 is 2.00 bits per heavy atom. The molecule has 1 aliphatic carbocycles. The van der Waals surface area contributed by atoms with E-state index in [4.69, 9.17) is 11.6 Å². The van der Waals surface area contributed by atoms with E-state index in [0.717, 1.165) is 6.42 Å². The van der Waals surface area contributed by atoms with Crippen molar-refractivity contribution in [2.45, 2.75) is 24.8 Å². The fourth-order valence-corrected chi connectivity index (χ4v) is 2.75. The largest absolute Gasteiger partial charge is 0.354 e. The molecule has 1 saturated carbocycles. The average molecular weight is 359 g/mol. The molecule has 3 atom stereocenters. The Bertz CT molecular complexity index is 797. The number of hydrogen-bond donors (Lipinski definition) is 2. The van der Waals surface area contributed by atoms with Crippen LogP contribution in [0.3, 0.4) is 0 Å². The third-order valence-corrected chi connectivity index (χ3v) is 4.65. The van der Waals surface area contributed by atoms with Gasteiger partial charge in [-0.2, -0.15) is 0 Å². The van der Waals surface area contributed by atoms with Crippen LogP contribution in [0.1, 0.15) is 51.0 Å². The normalized spacial score (nSPS) is 19.8. The molecule has 6 nitrogen and oxygen atoms in total. The Labute approximate surface area is 151 Å². The third kappa shape index (κ3) is 3.96. The molecule has 130 valence electrons. The number of carbonyl (C=O) groups is 2. The molecule has 2 N–H and O–H groups in total. The minimum atomic E-state index is -0.655. The summed E-state index contributed by atoms with van der Waals surface area (Å²) < 4.78 is 0. The number of hydrogen-bond acceptors (Lipinski definition) is 4. The molecule has 0 aliphatic heterocycles. The van der Waals surface area contributed by atoms with Gasteiger partial charge in [0.15, 0.2) is 0 Å². The summed E-state index contributed by atoms with van der Waals surface area (Å²) in [5.74, 6) is -0.119. The summed E-state index contributed by atoms with van der Waals surface area (Å²) in [6, 6.07) is 8.67. The first-order valence-corrected chi connectivity index (χ1v) is 8.53. The topological polar surface area (TPSA) is 84.0 Å². The molecular weight excluding hydrogens is 340 g/mol. The molecular formula is C18H19ClN4O2. The minimum Gasteiger partial charge on any atom is -0.354 e. The van der Waals surface area contributed by atoms with Crippen molar-refractivity contribution in [3.8, 4) is 0 Å². The summed E-state index contributed by atoms with van der Waals surface area (Å²) >= 11 is 6.48. The van der Waals surface area contributed by atoms with E-state index in [1.165, 1.54) is 13.1 Å². The first kappa shape index (κ1) is 17.4. The van der Waals surface area contributed by atoms with E-state index in [1.807, 2.05) is 6.07 Å². The number of nitrogens with one attached hydrogen (secondary N) is 2. The van der Waals surface area contributed by atoms with Crippen molar-refractivity contribution in [3.63, 3.8) is 0 Å². The van der Waals surface area contributed by atoms with Gasteiger partial charge in [-0.05, 0) is 36.6 Å². The van der Waals surface area contributed by atoms with Gasteiger partial charge in [-0.3, -0.25) is 14.6 Å². The maximum absolute atomic E-state index is 12.5. The lowest BCUT2D eigenvalue weighted by molar-refractivity contribution is 0.0949. The lowest BCUT2D eigenvalue weighted by atomic mass is 10.1. The fraction of sp³-hybridized carbons (Fsp3) is 0.333. The van der Waals surface area contributed by atoms with Gasteiger partial charge in [-0.1, -0.05) is 13.0 Å². The third-order valence-electron chi connectivity index (χ3n) is 4.20. The number of carbonyl (C=O) groups excluding carboxylic acids is 2. The van der Waals surface area contributed by atoms with Gasteiger partial charge in [0, 0.05) is 24.8 Å². The fourth-order valence-electron chi connectivity index (χ4n) is 2.51. The number of amides is 2. The second-order valence-corrected chi connectivity index (χ2v) is 6.59. The first-order valence-electron chi connectivity index (χ1n) is 8.09. The highest BCUT2D eigenvalue weighted by Crippen LogP contribution is 2.30. The number of alkyl halides is 1. The van der Waals surface area contributed by atoms with Crippen LogP contribution in [0.25, 0.3) is 0 Å². The zero-order valence-electron chi connectivity index (χ0n) is 14.0. The number of aromatic nitrogens is 2. The average Bonchev–Trinajstić information content (AvgIpc) is 3.35. The summed E-state index contributed by atoms with van der Waals surface area (Å²) in [4.78, 5) is 33.0. The van der Waals surface area contributed by atoms with Crippen LogP contribution in [-0.4, -0.2) is 34.9 Å². The molecule has 1 unspecified atom stereocenters. The van der Waals surface area contributed by atoms with Gasteiger partial charge >= 0.3 is 0 Å². The lowest BCUT2D eigenvalue weighted by Gasteiger charge is -2.12. The van der Waals surface area contributed by atoms with Crippen molar-refractivity contribution >= 4 is 23.4 Å². The molecule has 2 aromatic heterocycles. The molecule has 2 heterocycles. The lowest BCUT2D eigenvalue weighted by Crippen LogP contribution is -2.28. The zero-order chi connectivity index (χ0) is 18.0. The first-order chi connectivity index (χ1) is 12.0. The predicted octanol–water partition coefficient (Wildman–Crippen LogP) is 2.30. The van der Waals surface area contributed by atoms with E-state index in [-0.39, 0.29) is 23.6 Å². The van der Waals surface area contributed by atoms with E-state index in [2.05, 4.69) is 27.5 Å². The molecule has 0 spiro atoms. The quantitative estimate of drug-likeness (QED) is 0.803. The number of halogens is 1. The Morgan fingerprint density at radius 3 is 2.60 bits per heavy atom. The highest BCUT2D eigenvalue weighted by atomic mass is 35.5. The molecule has 0 saturated heterocycles. The van der Waals surface area contributed by atoms with Crippen molar-refractivity contribution < 1.29 is 9.59 Å². The van der Waals surface area contributed by atoms with Gasteiger partial charge in [0.25, 0.3) is 11.8 Å². The van der Waals surface area contributed by atoms with E-state index < -0.39 is 5.38 Å². The Hall–Kier alpha value is -2.47. The second kappa shape index (κ2) is 7.19. The molecule has 0 aromatic carbocycles. The van der Waals surface area contributed by atoms with Crippen molar-refractivity contribution in [1.29, 1.82) is 0 Å². The standard InChI is InChI=1S/C18H19ClN4O2/c1-10-7-13(10)23-17(24)11-8-14(22-15(9-11)18(25)20-2)16(19)12-5-3-4-6-21-12/h3-6,8-10,13,16H,7H2,1-2H3,(H,20,25)(H,23,24)/t10-,13-,16?/m0/s1. The van der Waals surface area contributed by atoms with Gasteiger partial charge in [0.1, 0.15) is 11.1 Å². The Balaban J connectivity index is 1.95. The molecule has 1 fully saturated rings. The van der Waals surface area contributed by atoms with E-state index in [1.54, 1.807) is 24.4 Å². The van der Waals surface area contributed by atoms with E-state index >= 15 is 0 Å². The maximum atomic E-state index is 12.5. The van der Waals surface area contributed by atoms with Gasteiger partial charge in [-0.25, -0.2) is 4.98 Å². The highest BCUT2D eigenvalue weighted by molar-refractivity contribution is 6.22. The van der Waals surface area contributed by atoms with E-state index in [0.29, 0.717) is 22.9 Å². The molecule has 2 amide bonds. The van der Waals surface area contributed by atoms with Crippen LogP contribution in [0.4, 0.5) is 0 Å². The molecule has 7 heteroatoms. The zero-order valence-corrected chi connectivity index (χ0v) is 14.7. The van der Waals surface area contributed by atoms with Crippen LogP contribution < -0.4 is 10.6 Å². The van der Waals surface area contributed by atoms with Crippen LogP contribution >= 0.6 is 11.6 Å². The molecule has 1 aliphatic rings. The summed E-state index contributed by atoms with van der Waals surface area (Å²) in [5.41, 5.74) is 1.53. The molecule has 25 heavy (non-hydrogen) atoms. The van der Waals surface area contributed by atoms with Gasteiger partial charge in [0.05, 0.1) is 11.4 Å². The van der Waals surface area contributed by atoms with Crippen LogP contribution in [0, 0.1) is 5.92 Å². The number of rotatable bonds is 5. The molecule has 0 radical (unpaired) electrons. The van der Waals surface area contributed by atoms with Crippen LogP contribution in [0.5, 0.6) is 0 Å². The summed E-state index contributed by atoms with van der Waals surface area (Å²) in [7, 11) is 1.51. The molecule has 2 aromatic rings. The number of pyridine rings is 2. The maximum Gasteiger partial charge on any atom is 0.269 e. The van der Waals surface area contributed by atoms with Crippen molar-refractivity contribution in [3.05, 3.63) is 59.2 Å². The van der Waals surface area contributed by atoms with Crippen molar-refractivity contribution in [2.24, 2.45) is 5.92 Å². The van der Waals surface area contributed by atoms with Crippen LogP contribution in [-0.2, 0) is 0 Å². The smallest absolute Gasteiger partial charge is 0.269 e. The predicted molar refractivity (Wildman–Crippen MR) is 94.6 cm³/mol. The van der Waals surface area contributed by atoms with Crippen molar-refractivity contribution in [1.82, 2.24) is 20.6 Å². The van der Waals surface area contributed by atoms with Crippen LogP contribution in [0.15, 0.2) is 36.5 Å². The van der Waals surface area contributed by atoms with E-state index in [9.17, 15) is 9.59 Å². The Kier molecular flexibility index (Phi) is 4.99. The second-order valence-electron chi connectivity index (χ2n) is 6.16. The highest BCUT2D eigenvalue weighted by Gasteiger charge is 2.34. The molecule has 0 bridgehead atoms. The Morgan fingerprint density at radius 1 is 1.24 bits per heavy atom. The van der Waals surface area contributed by atoms with Gasteiger partial charge in [-0.15, -0.1) is 11.6 Å².